The third-order valence-electron chi connectivity index (χ3n) is 1.69. The minimum absolute atomic E-state index is 0.0707. The Morgan fingerprint density at radius 3 is 2.47 bits per heavy atom. The molecule has 0 aromatic carbocycles. The summed E-state index contributed by atoms with van der Waals surface area (Å²) in [4.78, 5) is 19.3. The molecular formula is C9H5ClN2O2S. The van der Waals surface area contributed by atoms with Gasteiger partial charge in [-0.3, -0.25) is 0 Å². The van der Waals surface area contributed by atoms with E-state index in [0.717, 1.165) is 4.88 Å². The van der Waals surface area contributed by atoms with Crippen LogP contribution in [0.3, 0.4) is 0 Å². The van der Waals surface area contributed by atoms with Gasteiger partial charge < -0.3 is 5.11 Å². The molecule has 2 aromatic rings. The van der Waals surface area contributed by atoms with Crippen LogP contribution in [0.1, 0.15) is 10.4 Å². The van der Waals surface area contributed by atoms with Crippen molar-refractivity contribution in [2.45, 2.75) is 0 Å². The van der Waals surface area contributed by atoms with Crippen LogP contribution in [-0.2, 0) is 0 Å². The molecule has 0 amide bonds. The molecule has 76 valence electrons. The normalized spacial score (nSPS) is 10.2. The second-order valence-electron chi connectivity index (χ2n) is 2.70. The second kappa shape index (κ2) is 3.96. The van der Waals surface area contributed by atoms with E-state index in [1.807, 2.05) is 0 Å². The summed E-state index contributed by atoms with van der Waals surface area (Å²) in [6.07, 6.45) is 2.55. The Morgan fingerprint density at radius 1 is 1.33 bits per heavy atom. The number of aromatic nitrogens is 2. The van der Waals surface area contributed by atoms with Crippen molar-refractivity contribution >= 4 is 28.9 Å². The number of aromatic carboxylic acids is 1. The predicted octanol–water partition coefficient (Wildman–Crippen LogP) is 2.56. The van der Waals surface area contributed by atoms with Gasteiger partial charge in [0.1, 0.15) is 0 Å². The van der Waals surface area contributed by atoms with Crippen LogP contribution < -0.4 is 0 Å². The van der Waals surface area contributed by atoms with Crippen LogP contribution in [0.25, 0.3) is 10.7 Å². The van der Waals surface area contributed by atoms with Gasteiger partial charge in [0.2, 0.25) is 0 Å². The molecule has 0 atom stereocenters. The second-order valence-corrected chi connectivity index (χ2v) is 4.42. The first kappa shape index (κ1) is 10.1. The number of hydrogen-bond donors (Lipinski definition) is 1. The predicted molar refractivity (Wildman–Crippen MR) is 57.3 cm³/mol. The lowest BCUT2D eigenvalue weighted by molar-refractivity contribution is 0.0696. The fraction of sp³-hybridized carbons (Fsp3) is 0. The van der Waals surface area contributed by atoms with E-state index in [-0.39, 0.29) is 5.56 Å². The Morgan fingerprint density at radius 2 is 2.00 bits per heavy atom. The maximum atomic E-state index is 10.6. The molecule has 0 fully saturated rings. The van der Waals surface area contributed by atoms with Gasteiger partial charge in [-0.2, -0.15) is 0 Å². The number of nitrogens with zero attached hydrogens (tertiary/aromatic N) is 2. The summed E-state index contributed by atoms with van der Waals surface area (Å²) < 4.78 is 0.649. The Balaban J connectivity index is 2.35. The maximum Gasteiger partial charge on any atom is 0.338 e. The highest BCUT2D eigenvalue weighted by atomic mass is 35.5. The Labute approximate surface area is 94.2 Å². The lowest BCUT2D eigenvalue weighted by Gasteiger charge is -1.95. The van der Waals surface area contributed by atoms with Gasteiger partial charge in [-0.15, -0.1) is 11.3 Å². The summed E-state index contributed by atoms with van der Waals surface area (Å²) in [5.74, 6) is -0.553. The summed E-state index contributed by atoms with van der Waals surface area (Å²) in [7, 11) is 0. The standard InChI is InChI=1S/C9H5ClN2O2S/c10-7-2-1-6(15-7)8-11-3-5(4-12-8)9(13)14/h1-4H,(H,13,14). The molecule has 2 aromatic heterocycles. The van der Waals surface area contributed by atoms with Crippen LogP contribution >= 0.6 is 22.9 Å². The molecule has 15 heavy (non-hydrogen) atoms. The molecule has 0 aliphatic rings. The van der Waals surface area contributed by atoms with Crippen molar-refractivity contribution in [1.82, 2.24) is 9.97 Å². The van der Waals surface area contributed by atoms with E-state index in [2.05, 4.69) is 9.97 Å². The van der Waals surface area contributed by atoms with E-state index in [1.165, 1.54) is 23.7 Å². The van der Waals surface area contributed by atoms with E-state index in [1.54, 1.807) is 12.1 Å². The largest absolute Gasteiger partial charge is 0.478 e. The molecule has 0 unspecified atom stereocenters. The van der Waals surface area contributed by atoms with Crippen LogP contribution in [0.2, 0.25) is 4.34 Å². The SMILES string of the molecule is O=C(O)c1cnc(-c2ccc(Cl)s2)nc1. The quantitative estimate of drug-likeness (QED) is 0.876. The van der Waals surface area contributed by atoms with Crippen molar-refractivity contribution in [2.24, 2.45) is 0 Å². The van der Waals surface area contributed by atoms with Crippen LogP contribution in [0.15, 0.2) is 24.5 Å². The van der Waals surface area contributed by atoms with Crippen molar-refractivity contribution in [3.05, 3.63) is 34.4 Å². The molecule has 6 heteroatoms. The number of rotatable bonds is 2. The lowest BCUT2D eigenvalue weighted by atomic mass is 10.3. The van der Waals surface area contributed by atoms with E-state index in [0.29, 0.717) is 10.2 Å². The van der Waals surface area contributed by atoms with Gasteiger partial charge in [0.25, 0.3) is 0 Å². The van der Waals surface area contributed by atoms with Crippen molar-refractivity contribution in [1.29, 1.82) is 0 Å². The van der Waals surface area contributed by atoms with Crippen molar-refractivity contribution in [2.75, 3.05) is 0 Å². The highest BCUT2D eigenvalue weighted by Gasteiger charge is 2.07. The number of carbonyl (C=O) groups is 1. The molecule has 0 saturated carbocycles. The van der Waals surface area contributed by atoms with Crippen molar-refractivity contribution in [3.63, 3.8) is 0 Å². The van der Waals surface area contributed by atoms with Gasteiger partial charge in [0, 0.05) is 12.4 Å². The summed E-state index contributed by atoms with van der Waals surface area (Å²) in [5, 5.41) is 8.65. The molecule has 1 N–H and O–H groups in total. The Bertz CT molecular complexity index is 495. The topological polar surface area (TPSA) is 63.1 Å². The first-order valence-electron chi connectivity index (χ1n) is 3.98. The molecule has 0 aliphatic carbocycles. The Kier molecular flexibility index (Phi) is 2.66. The molecule has 4 nitrogen and oxygen atoms in total. The molecule has 2 rings (SSSR count). The van der Waals surface area contributed by atoms with Crippen LogP contribution in [0, 0.1) is 0 Å². The van der Waals surface area contributed by atoms with Gasteiger partial charge in [-0.25, -0.2) is 14.8 Å². The van der Waals surface area contributed by atoms with Gasteiger partial charge in [-0.1, -0.05) is 11.6 Å². The molecule has 2 heterocycles. The van der Waals surface area contributed by atoms with Crippen LogP contribution in [0.4, 0.5) is 0 Å². The average molecular weight is 241 g/mol. The monoisotopic (exact) mass is 240 g/mol. The summed E-state index contributed by atoms with van der Waals surface area (Å²) in [6.45, 7) is 0. The molecular weight excluding hydrogens is 236 g/mol. The number of carboxylic acids is 1. The smallest absolute Gasteiger partial charge is 0.338 e. The summed E-state index contributed by atoms with van der Waals surface area (Å²) in [5.41, 5.74) is 0.0707. The zero-order valence-electron chi connectivity index (χ0n) is 7.35. The first-order chi connectivity index (χ1) is 7.16. The summed E-state index contributed by atoms with van der Waals surface area (Å²) >= 11 is 7.11. The molecule has 0 radical (unpaired) electrons. The fourth-order valence-electron chi connectivity index (χ4n) is 1.00. The first-order valence-corrected chi connectivity index (χ1v) is 5.17. The lowest BCUT2D eigenvalue weighted by Crippen LogP contribution is -1.98. The third kappa shape index (κ3) is 2.14. The molecule has 0 saturated heterocycles. The number of thiophene rings is 1. The van der Waals surface area contributed by atoms with Gasteiger partial charge in [-0.05, 0) is 12.1 Å². The van der Waals surface area contributed by atoms with E-state index < -0.39 is 5.97 Å². The third-order valence-corrected chi connectivity index (χ3v) is 2.92. The fourth-order valence-corrected chi connectivity index (χ4v) is 1.99. The van der Waals surface area contributed by atoms with Gasteiger partial charge >= 0.3 is 5.97 Å². The number of hydrogen-bond acceptors (Lipinski definition) is 4. The van der Waals surface area contributed by atoms with Gasteiger partial charge in [0.15, 0.2) is 5.82 Å². The Hall–Kier alpha value is -1.46. The summed E-state index contributed by atoms with van der Waals surface area (Å²) in [6, 6.07) is 3.54. The van der Waals surface area contributed by atoms with E-state index in [4.69, 9.17) is 16.7 Å². The zero-order chi connectivity index (χ0) is 10.8. The number of halogens is 1. The van der Waals surface area contributed by atoms with E-state index in [9.17, 15) is 4.79 Å². The van der Waals surface area contributed by atoms with Gasteiger partial charge in [0.05, 0.1) is 14.8 Å². The number of carboxylic acid groups (broad SMARTS) is 1. The zero-order valence-corrected chi connectivity index (χ0v) is 8.92. The minimum Gasteiger partial charge on any atom is -0.478 e. The highest BCUT2D eigenvalue weighted by Crippen LogP contribution is 2.28. The molecule has 0 spiro atoms. The molecule has 0 aliphatic heterocycles. The van der Waals surface area contributed by atoms with Crippen molar-refractivity contribution in [3.8, 4) is 10.7 Å². The average Bonchev–Trinajstić information content (AvgIpc) is 2.65. The van der Waals surface area contributed by atoms with Crippen LogP contribution in [0.5, 0.6) is 0 Å². The van der Waals surface area contributed by atoms with E-state index >= 15 is 0 Å². The maximum absolute atomic E-state index is 10.6. The van der Waals surface area contributed by atoms with Crippen molar-refractivity contribution < 1.29 is 9.90 Å². The highest BCUT2D eigenvalue weighted by molar-refractivity contribution is 7.19. The molecule has 0 bridgehead atoms. The minimum atomic E-state index is -1.04. The van der Waals surface area contributed by atoms with Crippen LogP contribution in [-0.4, -0.2) is 21.0 Å².